The summed E-state index contributed by atoms with van der Waals surface area (Å²) in [6.45, 7) is 1.66. The number of sulfonamides is 1. The average Bonchev–Trinajstić information content (AvgIpc) is 3.15. The van der Waals surface area contributed by atoms with Crippen molar-refractivity contribution in [2.75, 3.05) is 11.9 Å². The number of nitriles is 1. The smallest absolute Gasteiger partial charge is 0.255 e. The number of aromatic nitrogens is 4. The predicted molar refractivity (Wildman–Crippen MR) is 104 cm³/mol. The molecule has 1 heterocycles. The molecule has 154 valence electrons. The Morgan fingerprint density at radius 1 is 1.23 bits per heavy atom. The molecule has 0 aliphatic rings. The molecule has 1 amide bonds. The summed E-state index contributed by atoms with van der Waals surface area (Å²) in [7, 11) is -3.79. The minimum Gasteiger partial charge on any atom is -0.319 e. The van der Waals surface area contributed by atoms with Gasteiger partial charge in [0, 0.05) is 18.5 Å². The Kier molecular flexibility index (Phi) is 6.14. The van der Waals surface area contributed by atoms with E-state index in [9.17, 15) is 17.6 Å². The lowest BCUT2D eigenvalue weighted by Gasteiger charge is -2.10. The molecule has 10 nitrogen and oxygen atoms in total. The van der Waals surface area contributed by atoms with Crippen LogP contribution in [0.5, 0.6) is 0 Å². The van der Waals surface area contributed by atoms with Crippen molar-refractivity contribution in [2.45, 2.75) is 18.2 Å². The zero-order valence-electron chi connectivity index (χ0n) is 15.7. The molecule has 3 rings (SSSR count). The Morgan fingerprint density at radius 3 is 2.60 bits per heavy atom. The Bertz CT molecular complexity index is 1220. The molecule has 12 heteroatoms. The molecular formula is C18H16FN7O3S. The fourth-order valence-electron chi connectivity index (χ4n) is 2.52. The average molecular weight is 429 g/mol. The van der Waals surface area contributed by atoms with Crippen molar-refractivity contribution in [1.82, 2.24) is 24.9 Å². The molecule has 30 heavy (non-hydrogen) atoms. The summed E-state index contributed by atoms with van der Waals surface area (Å²) in [5.41, 5.74) is 0.510. The van der Waals surface area contributed by atoms with Gasteiger partial charge >= 0.3 is 0 Å². The van der Waals surface area contributed by atoms with Gasteiger partial charge in [0.1, 0.15) is 5.82 Å². The highest BCUT2D eigenvalue weighted by Gasteiger charge is 2.16. The highest BCUT2D eigenvalue weighted by atomic mass is 32.2. The van der Waals surface area contributed by atoms with Crippen LogP contribution in [0.1, 0.15) is 22.6 Å². The minimum absolute atomic E-state index is 0.0164. The summed E-state index contributed by atoms with van der Waals surface area (Å²) < 4.78 is 42.1. The molecule has 1 aromatic heterocycles. The van der Waals surface area contributed by atoms with Crippen LogP contribution in [-0.2, 0) is 10.0 Å². The second-order valence-electron chi connectivity index (χ2n) is 6.09. The molecule has 0 saturated heterocycles. The minimum atomic E-state index is -3.79. The first-order chi connectivity index (χ1) is 14.3. The largest absolute Gasteiger partial charge is 0.319 e. The number of benzene rings is 2. The third-order valence-corrected chi connectivity index (χ3v) is 5.50. The molecular weight excluding hydrogens is 413 g/mol. The molecule has 0 radical (unpaired) electrons. The molecule has 0 saturated carbocycles. The zero-order valence-corrected chi connectivity index (χ0v) is 16.5. The molecule has 2 aromatic carbocycles. The van der Waals surface area contributed by atoms with E-state index >= 15 is 0 Å². The molecule has 2 N–H and O–H groups in total. The van der Waals surface area contributed by atoms with Crippen LogP contribution in [0.3, 0.4) is 0 Å². The Balaban J connectivity index is 1.77. The maximum absolute atomic E-state index is 14.2. The maximum Gasteiger partial charge on any atom is 0.255 e. The van der Waals surface area contributed by atoms with Crippen molar-refractivity contribution in [2.24, 2.45) is 0 Å². The fourth-order valence-corrected chi connectivity index (χ4v) is 3.55. The molecule has 0 fully saturated rings. The summed E-state index contributed by atoms with van der Waals surface area (Å²) in [4.78, 5) is 12.4. The van der Waals surface area contributed by atoms with Gasteiger partial charge in [-0.25, -0.2) is 17.5 Å². The van der Waals surface area contributed by atoms with E-state index < -0.39 is 21.7 Å². The van der Waals surface area contributed by atoms with E-state index in [2.05, 4.69) is 25.6 Å². The first-order valence-electron chi connectivity index (χ1n) is 8.65. The summed E-state index contributed by atoms with van der Waals surface area (Å²) in [5.74, 6) is -0.793. The van der Waals surface area contributed by atoms with Gasteiger partial charge < -0.3 is 5.32 Å². The predicted octanol–water partition coefficient (Wildman–Crippen LogP) is 1.55. The van der Waals surface area contributed by atoms with Crippen LogP contribution in [0.25, 0.3) is 5.69 Å². The first kappa shape index (κ1) is 21.0. The molecule has 3 aromatic rings. The summed E-state index contributed by atoms with van der Waals surface area (Å²) in [6, 6.07) is 11.0. The van der Waals surface area contributed by atoms with Gasteiger partial charge in [-0.15, -0.1) is 5.10 Å². The van der Waals surface area contributed by atoms with Crippen molar-refractivity contribution in [3.63, 3.8) is 0 Å². The van der Waals surface area contributed by atoms with Crippen molar-refractivity contribution >= 4 is 21.6 Å². The summed E-state index contributed by atoms with van der Waals surface area (Å²) >= 11 is 0. The van der Waals surface area contributed by atoms with Gasteiger partial charge in [0.25, 0.3) is 5.91 Å². The number of hydrogen-bond acceptors (Lipinski definition) is 7. The number of nitrogens with one attached hydrogen (secondary N) is 2. The van der Waals surface area contributed by atoms with E-state index in [1.807, 2.05) is 6.07 Å². The van der Waals surface area contributed by atoms with E-state index in [0.29, 0.717) is 11.5 Å². The number of anilines is 1. The second-order valence-corrected chi connectivity index (χ2v) is 7.85. The quantitative estimate of drug-likeness (QED) is 0.543. The van der Waals surface area contributed by atoms with Crippen molar-refractivity contribution < 1.29 is 17.6 Å². The topological polar surface area (TPSA) is 143 Å². The fraction of sp³-hybridized carbons (Fsp3) is 0.167. The van der Waals surface area contributed by atoms with E-state index in [1.54, 1.807) is 6.92 Å². The van der Waals surface area contributed by atoms with E-state index in [4.69, 9.17) is 5.26 Å². The van der Waals surface area contributed by atoms with Crippen LogP contribution < -0.4 is 10.0 Å². The van der Waals surface area contributed by atoms with E-state index in [0.717, 1.165) is 0 Å². The van der Waals surface area contributed by atoms with Crippen LogP contribution in [0.4, 0.5) is 10.1 Å². The third-order valence-electron chi connectivity index (χ3n) is 4.02. The first-order valence-corrected chi connectivity index (χ1v) is 10.1. The number of nitrogens with zero attached hydrogens (tertiary/aromatic N) is 5. The standard InChI is InChI=1S/C18H16FN7O3S/c1-12-23-24-25-26(12)14-5-8-16(19)17(11-14)22-18(27)13-3-6-15(7-4-13)30(28,29)21-10-2-9-20/h3-8,11,21H,2,10H2,1H3,(H,22,27). The number of amides is 1. The maximum atomic E-state index is 14.2. The third kappa shape index (κ3) is 4.65. The van der Waals surface area contributed by atoms with Gasteiger partial charge in [0.05, 0.1) is 22.3 Å². The van der Waals surface area contributed by atoms with Gasteiger partial charge in [-0.1, -0.05) is 0 Å². The lowest BCUT2D eigenvalue weighted by atomic mass is 10.2. The SMILES string of the molecule is Cc1nnnn1-c1ccc(F)c(NC(=O)c2ccc(S(=O)(=O)NCCC#N)cc2)c1. The lowest BCUT2D eigenvalue weighted by molar-refractivity contribution is 0.102. The normalized spacial score (nSPS) is 11.1. The van der Waals surface area contributed by atoms with Crippen LogP contribution in [0.2, 0.25) is 0 Å². The van der Waals surface area contributed by atoms with Crippen LogP contribution in [0.15, 0.2) is 47.4 Å². The van der Waals surface area contributed by atoms with Crippen molar-refractivity contribution in [1.29, 1.82) is 5.26 Å². The Hall–Kier alpha value is -3.69. The van der Waals surface area contributed by atoms with Gasteiger partial charge in [0.2, 0.25) is 10.0 Å². The van der Waals surface area contributed by atoms with Crippen LogP contribution >= 0.6 is 0 Å². The second kappa shape index (κ2) is 8.76. The number of carbonyl (C=O) groups is 1. The van der Waals surface area contributed by atoms with Crippen LogP contribution in [-0.4, -0.2) is 41.1 Å². The molecule has 0 spiro atoms. The number of tetrazole rings is 1. The number of halogens is 1. The monoisotopic (exact) mass is 429 g/mol. The van der Waals surface area contributed by atoms with Gasteiger partial charge in [-0.3, -0.25) is 4.79 Å². The summed E-state index contributed by atoms with van der Waals surface area (Å²) in [6.07, 6.45) is 0.0362. The summed E-state index contributed by atoms with van der Waals surface area (Å²) in [5, 5.41) is 22.0. The Labute approximate surface area is 171 Å². The van der Waals surface area contributed by atoms with Gasteiger partial charge in [0.15, 0.2) is 5.82 Å². The molecule has 0 aliphatic carbocycles. The lowest BCUT2D eigenvalue weighted by Crippen LogP contribution is -2.24. The van der Waals surface area contributed by atoms with Gasteiger partial charge in [-0.05, 0) is 59.8 Å². The number of hydrogen-bond donors (Lipinski definition) is 2. The van der Waals surface area contributed by atoms with Crippen molar-refractivity contribution in [3.8, 4) is 11.8 Å². The number of carbonyl (C=O) groups excluding carboxylic acids is 1. The number of aryl methyl sites for hydroxylation is 1. The zero-order chi connectivity index (χ0) is 21.7. The molecule has 0 atom stereocenters. The highest BCUT2D eigenvalue weighted by Crippen LogP contribution is 2.20. The molecule has 0 unspecified atom stereocenters. The molecule has 0 bridgehead atoms. The highest BCUT2D eigenvalue weighted by molar-refractivity contribution is 7.89. The van der Waals surface area contributed by atoms with Crippen LogP contribution in [0, 0.1) is 24.1 Å². The van der Waals surface area contributed by atoms with Crippen molar-refractivity contribution in [3.05, 3.63) is 59.7 Å². The number of rotatable bonds is 7. The van der Waals surface area contributed by atoms with Gasteiger partial charge in [-0.2, -0.15) is 9.94 Å². The van der Waals surface area contributed by atoms with E-state index in [1.165, 1.54) is 47.1 Å². The Morgan fingerprint density at radius 2 is 1.97 bits per heavy atom. The van der Waals surface area contributed by atoms with E-state index in [-0.39, 0.29) is 29.1 Å². The molecule has 0 aliphatic heterocycles.